The summed E-state index contributed by atoms with van der Waals surface area (Å²) in [5, 5.41) is 11.3. The molecule has 0 aliphatic carbocycles. The van der Waals surface area contributed by atoms with E-state index in [1.165, 1.54) is 16.7 Å². The van der Waals surface area contributed by atoms with E-state index < -0.39 is 17.4 Å². The van der Waals surface area contributed by atoms with Crippen LogP contribution in [0.4, 0.5) is 14.5 Å². The third-order valence-corrected chi connectivity index (χ3v) is 2.76. The molecular formula is C12H12F2N2O2. The van der Waals surface area contributed by atoms with Crippen LogP contribution in [0, 0.1) is 17.0 Å². The number of nitro benzene ring substituents is 1. The number of alkyl halides is 2. The summed E-state index contributed by atoms with van der Waals surface area (Å²) in [6.45, 7) is 2.01. The van der Waals surface area contributed by atoms with Gasteiger partial charge in [0.2, 0.25) is 0 Å². The Balaban J connectivity index is 2.66. The lowest BCUT2D eigenvalue weighted by molar-refractivity contribution is -0.383. The summed E-state index contributed by atoms with van der Waals surface area (Å²) in [4.78, 5) is 10.4. The number of non-ortho nitro benzene ring substituents is 1. The third kappa shape index (κ3) is 2.18. The van der Waals surface area contributed by atoms with E-state index in [1.54, 1.807) is 19.1 Å². The van der Waals surface area contributed by atoms with Crippen LogP contribution in [0.15, 0.2) is 24.3 Å². The lowest BCUT2D eigenvalue weighted by atomic mass is 10.2. The number of aromatic nitrogens is 1. The highest BCUT2D eigenvalue weighted by Gasteiger charge is 2.25. The lowest BCUT2D eigenvalue weighted by Gasteiger charge is -2.14. The predicted molar refractivity (Wildman–Crippen MR) is 64.0 cm³/mol. The van der Waals surface area contributed by atoms with E-state index in [4.69, 9.17) is 0 Å². The van der Waals surface area contributed by atoms with Crippen molar-refractivity contribution in [1.82, 2.24) is 4.57 Å². The summed E-state index contributed by atoms with van der Waals surface area (Å²) < 4.78 is 27.6. The van der Waals surface area contributed by atoms with Crippen molar-refractivity contribution >= 4 is 16.6 Å². The van der Waals surface area contributed by atoms with E-state index in [2.05, 4.69) is 0 Å². The molecule has 1 aromatic carbocycles. The summed E-state index contributed by atoms with van der Waals surface area (Å²) in [7, 11) is 0. The maximum absolute atomic E-state index is 13.1. The van der Waals surface area contributed by atoms with Crippen molar-refractivity contribution in [2.45, 2.75) is 26.3 Å². The van der Waals surface area contributed by atoms with Crippen LogP contribution in [-0.4, -0.2) is 15.4 Å². The second-order valence-corrected chi connectivity index (χ2v) is 4.41. The maximum atomic E-state index is 13.1. The first-order chi connectivity index (χ1) is 8.29. The standard InChI is InChI=1S/C12H12F2N2O2/c1-8-6-9-10(15(8)7-12(2,13)14)4-3-5-11(9)16(17)18/h3-6H,7H2,1-2H3. The average molecular weight is 254 g/mol. The van der Waals surface area contributed by atoms with E-state index in [-0.39, 0.29) is 5.69 Å². The van der Waals surface area contributed by atoms with Gasteiger partial charge in [0.15, 0.2) is 0 Å². The Morgan fingerprint density at radius 2 is 2.11 bits per heavy atom. The van der Waals surface area contributed by atoms with Crippen LogP contribution < -0.4 is 0 Å². The summed E-state index contributed by atoms with van der Waals surface area (Å²) in [5.74, 6) is -2.86. The van der Waals surface area contributed by atoms with Crippen molar-refractivity contribution in [1.29, 1.82) is 0 Å². The number of nitro groups is 1. The van der Waals surface area contributed by atoms with Gasteiger partial charge in [-0.3, -0.25) is 10.1 Å². The number of hydrogen-bond acceptors (Lipinski definition) is 2. The Kier molecular flexibility index (Phi) is 2.80. The minimum absolute atomic E-state index is 0.0613. The van der Waals surface area contributed by atoms with Crippen LogP contribution in [0.2, 0.25) is 0 Å². The number of hydrogen-bond donors (Lipinski definition) is 0. The number of fused-ring (bicyclic) bond motifs is 1. The van der Waals surface area contributed by atoms with Gasteiger partial charge in [0.1, 0.15) is 0 Å². The largest absolute Gasteiger partial charge is 0.339 e. The minimum atomic E-state index is -2.86. The highest BCUT2D eigenvalue weighted by molar-refractivity contribution is 5.90. The molecule has 6 heteroatoms. The molecule has 0 saturated heterocycles. The third-order valence-electron chi connectivity index (χ3n) is 2.76. The molecule has 96 valence electrons. The van der Waals surface area contributed by atoms with Gasteiger partial charge < -0.3 is 4.57 Å². The van der Waals surface area contributed by atoms with Gasteiger partial charge in [-0.15, -0.1) is 0 Å². The van der Waals surface area contributed by atoms with Crippen LogP contribution >= 0.6 is 0 Å². The van der Waals surface area contributed by atoms with E-state index >= 15 is 0 Å². The molecule has 2 rings (SSSR count). The van der Waals surface area contributed by atoms with Crippen molar-refractivity contribution in [2.75, 3.05) is 0 Å². The quantitative estimate of drug-likeness (QED) is 0.621. The first-order valence-electron chi connectivity index (χ1n) is 5.41. The van der Waals surface area contributed by atoms with Crippen LogP contribution in [0.3, 0.4) is 0 Å². The highest BCUT2D eigenvalue weighted by atomic mass is 19.3. The fourth-order valence-corrected chi connectivity index (χ4v) is 2.05. The fourth-order valence-electron chi connectivity index (χ4n) is 2.05. The zero-order valence-corrected chi connectivity index (χ0v) is 9.98. The monoisotopic (exact) mass is 254 g/mol. The fraction of sp³-hybridized carbons (Fsp3) is 0.333. The normalized spacial score (nSPS) is 12.0. The lowest BCUT2D eigenvalue weighted by Crippen LogP contribution is -2.19. The first-order valence-corrected chi connectivity index (χ1v) is 5.41. The summed E-state index contributed by atoms with van der Waals surface area (Å²) in [6, 6.07) is 6.06. The minimum Gasteiger partial charge on any atom is -0.339 e. The first kappa shape index (κ1) is 12.5. The molecule has 0 bridgehead atoms. The molecule has 0 radical (unpaired) electrons. The van der Waals surface area contributed by atoms with Crippen LogP contribution in [0.5, 0.6) is 0 Å². The summed E-state index contributed by atoms with van der Waals surface area (Å²) >= 11 is 0. The number of halogens is 2. The molecule has 0 N–H and O–H groups in total. The number of rotatable bonds is 3. The van der Waals surface area contributed by atoms with Crippen molar-refractivity contribution < 1.29 is 13.7 Å². The Hall–Kier alpha value is -1.98. The van der Waals surface area contributed by atoms with Crippen molar-refractivity contribution in [3.8, 4) is 0 Å². The molecule has 0 amide bonds. The predicted octanol–water partition coefficient (Wildman–Crippen LogP) is 3.51. The van der Waals surface area contributed by atoms with E-state index in [0.717, 1.165) is 6.92 Å². The van der Waals surface area contributed by atoms with Gasteiger partial charge in [-0.2, -0.15) is 0 Å². The molecule has 0 unspecified atom stereocenters. The van der Waals surface area contributed by atoms with E-state index in [1.807, 2.05) is 0 Å². The molecule has 0 spiro atoms. The molecule has 0 atom stereocenters. The van der Waals surface area contributed by atoms with Gasteiger partial charge >= 0.3 is 0 Å². The zero-order valence-electron chi connectivity index (χ0n) is 9.98. The smallest absolute Gasteiger partial charge is 0.278 e. The molecule has 0 aliphatic rings. The molecule has 1 aromatic heterocycles. The van der Waals surface area contributed by atoms with Gasteiger partial charge in [0.25, 0.3) is 11.6 Å². The Bertz CT molecular complexity index is 614. The highest BCUT2D eigenvalue weighted by Crippen LogP contribution is 2.30. The zero-order chi connectivity index (χ0) is 13.5. The Morgan fingerprint density at radius 3 is 2.67 bits per heavy atom. The summed E-state index contributed by atoms with van der Waals surface area (Å²) in [6.07, 6.45) is 0. The number of aryl methyl sites for hydroxylation is 1. The van der Waals surface area contributed by atoms with Crippen molar-refractivity contribution in [2.24, 2.45) is 0 Å². The van der Waals surface area contributed by atoms with Gasteiger partial charge in [0.05, 0.1) is 22.4 Å². The van der Waals surface area contributed by atoms with Gasteiger partial charge in [-0.25, -0.2) is 8.78 Å². The molecule has 2 aromatic rings. The van der Waals surface area contributed by atoms with Crippen molar-refractivity contribution in [3.05, 3.63) is 40.1 Å². The maximum Gasteiger partial charge on any atom is 0.278 e. The van der Waals surface area contributed by atoms with Crippen LogP contribution in [0.25, 0.3) is 10.9 Å². The molecule has 0 fully saturated rings. The average Bonchev–Trinajstić information content (AvgIpc) is 2.53. The molecule has 1 heterocycles. The number of nitrogens with zero attached hydrogens (tertiary/aromatic N) is 2. The molecule has 18 heavy (non-hydrogen) atoms. The van der Waals surface area contributed by atoms with Crippen LogP contribution in [-0.2, 0) is 6.54 Å². The summed E-state index contributed by atoms with van der Waals surface area (Å²) in [5.41, 5.74) is 0.984. The van der Waals surface area contributed by atoms with Gasteiger partial charge in [0, 0.05) is 18.7 Å². The molecular weight excluding hydrogens is 242 g/mol. The second-order valence-electron chi connectivity index (χ2n) is 4.41. The van der Waals surface area contributed by atoms with E-state index in [9.17, 15) is 18.9 Å². The molecule has 0 aliphatic heterocycles. The SMILES string of the molecule is Cc1cc2c([N+](=O)[O-])cccc2n1CC(C)(F)F. The number of benzene rings is 1. The Morgan fingerprint density at radius 1 is 1.44 bits per heavy atom. The molecule has 4 nitrogen and oxygen atoms in total. The Labute approximate surface area is 102 Å². The van der Waals surface area contributed by atoms with Gasteiger partial charge in [-0.1, -0.05) is 6.07 Å². The molecule has 0 saturated carbocycles. The van der Waals surface area contributed by atoms with Crippen molar-refractivity contribution in [3.63, 3.8) is 0 Å². The van der Waals surface area contributed by atoms with Gasteiger partial charge in [-0.05, 0) is 19.1 Å². The second kappa shape index (κ2) is 4.04. The topological polar surface area (TPSA) is 48.1 Å². The van der Waals surface area contributed by atoms with Crippen LogP contribution in [0.1, 0.15) is 12.6 Å². The van der Waals surface area contributed by atoms with E-state index in [0.29, 0.717) is 16.6 Å².